The number of carbonyl (C=O) groups excluding carboxylic acids is 2. The molecular formula is C22H23FN2O3. The summed E-state index contributed by atoms with van der Waals surface area (Å²) in [6, 6.07) is 9.56. The van der Waals surface area contributed by atoms with Gasteiger partial charge in [-0.05, 0) is 74.1 Å². The molecule has 146 valence electrons. The number of nitrogens with one attached hydrogen (secondary N) is 1. The van der Waals surface area contributed by atoms with Crippen LogP contribution in [0, 0.1) is 29.0 Å². The van der Waals surface area contributed by atoms with Gasteiger partial charge >= 0.3 is 0 Å². The molecule has 2 amide bonds. The van der Waals surface area contributed by atoms with E-state index in [0.717, 1.165) is 32.1 Å². The molecule has 4 aliphatic rings. The lowest BCUT2D eigenvalue weighted by Gasteiger charge is -2.58. The summed E-state index contributed by atoms with van der Waals surface area (Å²) in [6.45, 7) is 0. The van der Waals surface area contributed by atoms with Crippen LogP contribution in [0.1, 0.15) is 42.7 Å². The number of rotatable bonds is 4. The Labute approximate surface area is 162 Å². The zero-order chi connectivity index (χ0) is 19.5. The lowest BCUT2D eigenvalue weighted by atomic mass is 9.47. The molecule has 1 aromatic heterocycles. The summed E-state index contributed by atoms with van der Waals surface area (Å²) >= 11 is 0. The fourth-order valence-electron chi connectivity index (χ4n) is 6.05. The first kappa shape index (κ1) is 17.5. The lowest BCUT2D eigenvalue weighted by Crippen LogP contribution is -2.62. The van der Waals surface area contributed by atoms with Crippen LogP contribution in [0.5, 0.6) is 0 Å². The molecule has 2 atom stereocenters. The van der Waals surface area contributed by atoms with Gasteiger partial charge in [-0.1, -0.05) is 12.1 Å². The number of hydrogen-bond acceptors (Lipinski definition) is 3. The molecule has 0 spiro atoms. The Balaban J connectivity index is 1.33. The number of benzene rings is 1. The van der Waals surface area contributed by atoms with E-state index in [4.69, 9.17) is 10.2 Å². The minimum absolute atomic E-state index is 0.0403. The zero-order valence-electron chi connectivity index (χ0n) is 15.5. The van der Waals surface area contributed by atoms with Gasteiger partial charge in [-0.2, -0.15) is 0 Å². The molecule has 6 rings (SSSR count). The Bertz CT molecular complexity index is 937. The van der Waals surface area contributed by atoms with Crippen LogP contribution in [0.25, 0.3) is 11.3 Å². The quantitative estimate of drug-likeness (QED) is 0.849. The number of hydrogen-bond donors (Lipinski definition) is 2. The molecule has 0 saturated heterocycles. The van der Waals surface area contributed by atoms with E-state index in [1.165, 1.54) is 6.07 Å². The maximum atomic E-state index is 14.0. The van der Waals surface area contributed by atoms with Gasteiger partial charge in [0.2, 0.25) is 5.91 Å². The average molecular weight is 382 g/mol. The third-order valence-electron chi connectivity index (χ3n) is 7.06. The molecule has 2 aromatic rings. The third-order valence-corrected chi connectivity index (χ3v) is 7.06. The molecule has 1 aromatic carbocycles. The highest BCUT2D eigenvalue weighted by Gasteiger charge is 2.58. The van der Waals surface area contributed by atoms with Gasteiger partial charge in [-0.15, -0.1) is 0 Å². The third kappa shape index (κ3) is 2.65. The van der Waals surface area contributed by atoms with Gasteiger partial charge in [0.1, 0.15) is 11.6 Å². The van der Waals surface area contributed by atoms with Crippen molar-refractivity contribution >= 4 is 11.8 Å². The van der Waals surface area contributed by atoms with Crippen molar-refractivity contribution < 1.29 is 18.4 Å². The van der Waals surface area contributed by atoms with Crippen molar-refractivity contribution in [1.82, 2.24) is 5.32 Å². The molecule has 4 aliphatic carbocycles. The first-order valence-corrected chi connectivity index (χ1v) is 9.91. The van der Waals surface area contributed by atoms with Gasteiger partial charge in [0.05, 0.1) is 5.56 Å². The van der Waals surface area contributed by atoms with Crippen LogP contribution in [0.2, 0.25) is 0 Å². The van der Waals surface area contributed by atoms with Gasteiger partial charge in [0, 0.05) is 11.5 Å². The Morgan fingerprint density at radius 2 is 1.79 bits per heavy atom. The van der Waals surface area contributed by atoms with Crippen molar-refractivity contribution in [3.8, 4) is 11.3 Å². The number of halogens is 1. The van der Waals surface area contributed by atoms with E-state index in [2.05, 4.69) is 5.32 Å². The van der Waals surface area contributed by atoms with Crippen LogP contribution in [-0.2, 0) is 4.79 Å². The summed E-state index contributed by atoms with van der Waals surface area (Å²) in [6.07, 6.45) is 4.50. The van der Waals surface area contributed by atoms with E-state index in [1.54, 1.807) is 30.3 Å². The second-order valence-corrected chi connectivity index (χ2v) is 8.76. The van der Waals surface area contributed by atoms with Crippen LogP contribution >= 0.6 is 0 Å². The highest BCUT2D eigenvalue weighted by Crippen LogP contribution is 2.59. The molecule has 5 nitrogen and oxygen atoms in total. The maximum absolute atomic E-state index is 14.0. The molecule has 4 bridgehead atoms. The van der Waals surface area contributed by atoms with E-state index in [-0.39, 0.29) is 46.7 Å². The summed E-state index contributed by atoms with van der Waals surface area (Å²) in [5.74, 6) is 0.756. The highest BCUT2D eigenvalue weighted by molar-refractivity contribution is 5.92. The van der Waals surface area contributed by atoms with Crippen LogP contribution in [0.15, 0.2) is 40.8 Å². The predicted molar refractivity (Wildman–Crippen MR) is 101 cm³/mol. The summed E-state index contributed by atoms with van der Waals surface area (Å²) in [4.78, 5) is 24.8. The van der Waals surface area contributed by atoms with Crippen LogP contribution in [0.4, 0.5) is 4.39 Å². The number of primary amides is 1. The summed E-state index contributed by atoms with van der Waals surface area (Å²) < 4.78 is 19.6. The topological polar surface area (TPSA) is 85.3 Å². The summed E-state index contributed by atoms with van der Waals surface area (Å²) in [5, 5.41) is 3.14. The Hall–Kier alpha value is -2.63. The molecule has 4 saturated carbocycles. The molecule has 4 fully saturated rings. The number of carbonyl (C=O) groups is 2. The average Bonchev–Trinajstić information content (AvgIpc) is 3.14. The maximum Gasteiger partial charge on any atom is 0.287 e. The van der Waals surface area contributed by atoms with E-state index in [9.17, 15) is 14.0 Å². The number of nitrogens with two attached hydrogens (primary N) is 1. The summed E-state index contributed by atoms with van der Waals surface area (Å²) in [7, 11) is 0. The minimum Gasteiger partial charge on any atom is -0.451 e. The van der Waals surface area contributed by atoms with Crippen LogP contribution in [-0.4, -0.2) is 17.9 Å². The standard InChI is InChI=1S/C22H23FN2O3/c23-16-4-2-1-3-15(16)17-5-6-18(28-17)20(26)25-19-13-7-12-8-14(19)11-22(9-12,10-13)21(24)27/h1-6,12-14,19H,7-11H2,(H2,24,27)(H,25,26). The largest absolute Gasteiger partial charge is 0.451 e. The highest BCUT2D eigenvalue weighted by atomic mass is 19.1. The number of amides is 2. The van der Waals surface area contributed by atoms with Crippen LogP contribution in [0.3, 0.4) is 0 Å². The first-order valence-electron chi connectivity index (χ1n) is 9.91. The van der Waals surface area contributed by atoms with Crippen molar-refractivity contribution in [1.29, 1.82) is 0 Å². The predicted octanol–water partition coefficient (Wildman–Crippen LogP) is 3.50. The summed E-state index contributed by atoms with van der Waals surface area (Å²) in [5.41, 5.74) is 5.69. The molecule has 1 heterocycles. The van der Waals surface area contributed by atoms with Crippen molar-refractivity contribution in [2.24, 2.45) is 28.9 Å². The second-order valence-electron chi connectivity index (χ2n) is 8.76. The van der Waals surface area contributed by atoms with Crippen LogP contribution < -0.4 is 11.1 Å². The normalized spacial score (nSPS) is 33.0. The Morgan fingerprint density at radius 1 is 1.07 bits per heavy atom. The molecule has 6 heteroatoms. The van der Waals surface area contributed by atoms with Gasteiger partial charge in [-0.3, -0.25) is 9.59 Å². The lowest BCUT2D eigenvalue weighted by molar-refractivity contribution is -0.145. The molecule has 0 aliphatic heterocycles. The molecule has 3 N–H and O–H groups in total. The van der Waals surface area contributed by atoms with Gasteiger partial charge in [-0.25, -0.2) is 4.39 Å². The van der Waals surface area contributed by atoms with Gasteiger partial charge in [0.25, 0.3) is 5.91 Å². The van der Waals surface area contributed by atoms with E-state index >= 15 is 0 Å². The van der Waals surface area contributed by atoms with Gasteiger partial charge < -0.3 is 15.5 Å². The molecule has 2 unspecified atom stereocenters. The minimum atomic E-state index is -0.387. The smallest absolute Gasteiger partial charge is 0.287 e. The van der Waals surface area contributed by atoms with E-state index < -0.39 is 0 Å². The van der Waals surface area contributed by atoms with Crippen molar-refractivity contribution in [2.75, 3.05) is 0 Å². The van der Waals surface area contributed by atoms with E-state index in [0.29, 0.717) is 17.2 Å². The SMILES string of the molecule is NC(=O)C12CC3CC(C1)C(NC(=O)c1ccc(-c4ccccc4F)o1)C(C3)C2. The van der Waals surface area contributed by atoms with Crippen molar-refractivity contribution in [3.63, 3.8) is 0 Å². The molecular weight excluding hydrogens is 359 g/mol. The fraction of sp³-hybridized carbons (Fsp3) is 0.455. The van der Waals surface area contributed by atoms with E-state index in [1.807, 2.05) is 0 Å². The van der Waals surface area contributed by atoms with Crippen molar-refractivity contribution in [3.05, 3.63) is 48.0 Å². The number of furan rings is 1. The monoisotopic (exact) mass is 382 g/mol. The Morgan fingerprint density at radius 3 is 2.46 bits per heavy atom. The zero-order valence-corrected chi connectivity index (χ0v) is 15.5. The Kier molecular flexibility index (Phi) is 3.86. The van der Waals surface area contributed by atoms with Crippen molar-refractivity contribution in [2.45, 2.75) is 38.1 Å². The van der Waals surface area contributed by atoms with Gasteiger partial charge in [0.15, 0.2) is 5.76 Å². The second kappa shape index (κ2) is 6.19. The molecule has 28 heavy (non-hydrogen) atoms. The fourth-order valence-corrected chi connectivity index (χ4v) is 6.05. The first-order chi connectivity index (χ1) is 13.4. The molecule has 0 radical (unpaired) electrons.